The number of pyridine rings is 6. The van der Waals surface area contributed by atoms with E-state index in [4.69, 9.17) is 4.74 Å². The van der Waals surface area contributed by atoms with Crippen LogP contribution in [-0.4, -0.2) is 150 Å². The van der Waals surface area contributed by atoms with Crippen molar-refractivity contribution >= 4 is 77.1 Å². The van der Waals surface area contributed by atoms with Crippen LogP contribution in [0, 0.1) is 5.92 Å². The van der Waals surface area contributed by atoms with Crippen molar-refractivity contribution in [2.45, 2.75) is 19.3 Å². The number of halogens is 1. The van der Waals surface area contributed by atoms with Crippen LogP contribution >= 0.6 is 31.1 Å². The number of benzene rings is 2. The van der Waals surface area contributed by atoms with E-state index in [2.05, 4.69) is 66.4 Å². The first kappa shape index (κ1) is 66.9. The minimum absolute atomic E-state index is 0. The molecule has 8 heterocycles. The van der Waals surface area contributed by atoms with E-state index in [0.29, 0.717) is 28.4 Å². The Bertz CT molecular complexity index is 3540. The quantitative estimate of drug-likeness (QED) is 0.0241. The minimum atomic E-state index is -4.54. The van der Waals surface area contributed by atoms with Gasteiger partial charge in [0.15, 0.2) is 0 Å². The van der Waals surface area contributed by atoms with E-state index < -0.39 is 51.5 Å². The number of nitrogens with one attached hydrogen (secondary N) is 2. The van der Waals surface area contributed by atoms with Crippen LogP contribution in [0.15, 0.2) is 194 Å². The molecule has 9 aromatic rings. The molecule has 0 saturated carbocycles. The van der Waals surface area contributed by atoms with Crippen LogP contribution in [0.4, 0.5) is 17.2 Å². The van der Waals surface area contributed by atoms with Crippen LogP contribution in [0.5, 0.6) is 0 Å². The number of fused-ring (bicyclic) bond motifs is 1. The normalized spacial score (nSPS) is 13.8. The fourth-order valence-electron chi connectivity index (χ4n) is 8.96. The van der Waals surface area contributed by atoms with E-state index in [-0.39, 0.29) is 90.1 Å². The van der Waals surface area contributed by atoms with Gasteiger partial charge >= 0.3 is 27.1 Å². The van der Waals surface area contributed by atoms with Gasteiger partial charge in [-0.2, -0.15) is 0 Å². The largest absolute Gasteiger partial charge is 0.389 e. The zero-order chi connectivity index (χ0) is 60.7. The third-order valence-electron chi connectivity index (χ3n) is 13.1. The van der Waals surface area contributed by atoms with Crippen LogP contribution in [0.3, 0.4) is 0 Å². The van der Waals surface area contributed by atoms with Crippen LogP contribution in [0.25, 0.3) is 45.1 Å². The predicted octanol–water partition coefficient (Wildman–Crippen LogP) is 9.18. The molecule has 7 aromatic heterocycles. The summed E-state index contributed by atoms with van der Waals surface area (Å²) in [6, 6.07) is 44.1. The number of esters is 2. The first-order valence-electron chi connectivity index (χ1n) is 27.1. The zero-order valence-electron chi connectivity index (χ0n) is 46.7. The van der Waals surface area contributed by atoms with Crippen LogP contribution in [0.1, 0.15) is 29.6 Å². The van der Waals surface area contributed by atoms with Crippen molar-refractivity contribution in [1.82, 2.24) is 54.6 Å². The van der Waals surface area contributed by atoms with Crippen LogP contribution < -0.4 is 10.6 Å². The Morgan fingerprint density at radius 1 is 0.529 bits per heavy atom. The summed E-state index contributed by atoms with van der Waals surface area (Å²) in [6.45, 7) is 0.689. The molecule has 1 saturated heterocycles. The summed E-state index contributed by atoms with van der Waals surface area (Å²) in [6.07, 6.45) is 10.5. The number of nitrogens with zero attached hydrogens (tertiary/aromatic N) is 11. The van der Waals surface area contributed by atoms with Gasteiger partial charge in [0.2, 0.25) is 5.91 Å². The molecule has 6 N–H and O–H groups in total. The number of ether oxygens (including phenoxy) is 1. The average Bonchev–Trinajstić information content (AvgIpc) is 3.03. The molecule has 1 aliphatic rings. The molecule has 87 heavy (non-hydrogen) atoms. The third-order valence-corrected chi connectivity index (χ3v) is 15.2. The molecular formula is C60H62BrN13O10P2Ru. The van der Waals surface area contributed by atoms with E-state index in [1.54, 1.807) is 82.1 Å². The van der Waals surface area contributed by atoms with Crippen molar-refractivity contribution in [2.75, 3.05) is 69.0 Å². The molecule has 452 valence electrons. The Balaban J connectivity index is 0.000000352. The van der Waals surface area contributed by atoms with E-state index >= 15 is 0 Å². The van der Waals surface area contributed by atoms with Gasteiger partial charge in [0.25, 0.3) is 0 Å². The third kappa shape index (κ3) is 22.9. The fourth-order valence-corrected chi connectivity index (χ4v) is 10.8. The SMILES string of the molecule is O=C(CN1CCN(CP(=O)(O)O)CCC(CC(=O)OC(=O)c2ccnc(-c3ccccn3)c2)CCN(CP(=O)(O)O)CC1)Nc1ccc2c(Nc3ccc(Br)cc3)ncnc2c1.[Ru].c1ccc(-c2ccccn2)nc1.c1ccc(-c2ccccn2)nc1. The van der Waals surface area contributed by atoms with Crippen molar-refractivity contribution in [2.24, 2.45) is 5.92 Å². The van der Waals surface area contributed by atoms with Gasteiger partial charge in [0, 0.05) is 110 Å². The second kappa shape index (κ2) is 33.5. The molecule has 10 rings (SSSR count). The summed E-state index contributed by atoms with van der Waals surface area (Å²) in [4.78, 5) is 118. The van der Waals surface area contributed by atoms with E-state index in [0.717, 1.165) is 38.3 Å². The number of hydrogen-bond acceptors (Lipinski definition) is 18. The average molecular weight is 1370 g/mol. The second-order valence-corrected chi connectivity index (χ2v) is 23.8. The fraction of sp³-hybridized carbons (Fsp3) is 0.217. The Kier molecular flexibility index (Phi) is 25.7. The van der Waals surface area contributed by atoms with Gasteiger partial charge < -0.3 is 34.9 Å². The van der Waals surface area contributed by atoms with Crippen molar-refractivity contribution in [1.29, 1.82) is 0 Å². The number of carbonyl (C=O) groups excluding carboxylic acids is 3. The topological polar surface area (TPSA) is 312 Å². The molecular weight excluding hydrogens is 1310 g/mol. The number of amides is 1. The van der Waals surface area contributed by atoms with Crippen molar-refractivity contribution in [3.8, 4) is 34.2 Å². The number of carbonyl (C=O) groups is 3. The van der Waals surface area contributed by atoms with E-state index in [1.807, 2.05) is 97.1 Å². The van der Waals surface area contributed by atoms with Crippen LogP contribution in [-0.2, 0) is 42.9 Å². The number of rotatable bonds is 15. The summed E-state index contributed by atoms with van der Waals surface area (Å²) < 4.78 is 30.6. The Morgan fingerprint density at radius 3 is 1.46 bits per heavy atom. The van der Waals surface area contributed by atoms with Crippen molar-refractivity contribution < 1.29 is 67.3 Å². The minimum Gasteiger partial charge on any atom is -0.389 e. The maximum atomic E-state index is 13.5. The van der Waals surface area contributed by atoms with Gasteiger partial charge in [-0.3, -0.25) is 63.3 Å². The van der Waals surface area contributed by atoms with Gasteiger partial charge in [0.1, 0.15) is 24.7 Å². The van der Waals surface area contributed by atoms with Gasteiger partial charge in [-0.15, -0.1) is 0 Å². The standard InChI is InChI=1S/C40H46BrN9O10P2.2C10H8N2.Ru/c41-30-4-6-31(7-5-30)47-39-33-9-8-32(23-35(33)44-25-45-39)46-37(51)24-48-17-19-49(26-61(54,55)56)15-11-28(12-16-50(20-18-48)27-62(57,58)59)21-38(52)60-40(53)29-10-14-43-36(22-29)34-3-1-2-13-42-34;2*1-3-7-11-9(5-1)10-6-2-4-8-12-10;/h1-10,13-14,22-23,25,28H,11-12,15-21,24,26-27H2,(H,46,51)(H,44,45,47)(H2,54,55,56)(H2,57,58,59);2*1-8H;. The van der Waals surface area contributed by atoms with E-state index in [1.165, 1.54) is 24.7 Å². The van der Waals surface area contributed by atoms with Crippen molar-refractivity contribution in [3.63, 3.8) is 0 Å². The smallest absolute Gasteiger partial charge is 0.345 e. The molecule has 23 nitrogen and oxygen atoms in total. The first-order valence-corrected chi connectivity index (χ1v) is 31.5. The molecule has 0 radical (unpaired) electrons. The maximum absolute atomic E-state index is 13.5. The van der Waals surface area contributed by atoms with Gasteiger partial charge in [-0.25, -0.2) is 14.8 Å². The van der Waals surface area contributed by atoms with Crippen molar-refractivity contribution in [3.05, 3.63) is 199 Å². The summed E-state index contributed by atoms with van der Waals surface area (Å²) >= 11 is 3.42. The number of hydrogen-bond donors (Lipinski definition) is 6. The summed E-state index contributed by atoms with van der Waals surface area (Å²) in [5.41, 5.74) is 6.53. The Hall–Kier alpha value is -7.63. The Labute approximate surface area is 523 Å². The van der Waals surface area contributed by atoms with Gasteiger partial charge in [0.05, 0.1) is 51.8 Å². The monoisotopic (exact) mass is 1370 g/mol. The summed E-state index contributed by atoms with van der Waals surface area (Å²) in [7, 11) is -9.08. The first-order chi connectivity index (χ1) is 41.5. The molecule has 0 bridgehead atoms. The van der Waals surface area contributed by atoms with Crippen LogP contribution in [0.2, 0.25) is 0 Å². The second-order valence-electron chi connectivity index (χ2n) is 19.7. The molecule has 0 aliphatic carbocycles. The number of aromatic nitrogens is 8. The zero-order valence-corrected chi connectivity index (χ0v) is 51.9. The summed E-state index contributed by atoms with van der Waals surface area (Å²) in [5, 5.41) is 6.88. The molecule has 0 atom stereocenters. The molecule has 27 heteroatoms. The summed E-state index contributed by atoms with van der Waals surface area (Å²) in [5.74, 6) is -2.04. The molecule has 1 amide bonds. The molecule has 0 unspecified atom stereocenters. The van der Waals surface area contributed by atoms with Gasteiger partial charge in [-0.05, 0) is 147 Å². The molecule has 1 aliphatic heterocycles. The molecule has 1 fully saturated rings. The molecule has 0 spiro atoms. The van der Waals surface area contributed by atoms with Gasteiger partial charge in [-0.1, -0.05) is 46.3 Å². The predicted molar refractivity (Wildman–Crippen MR) is 329 cm³/mol. The number of anilines is 3. The van der Waals surface area contributed by atoms with E-state index in [9.17, 15) is 43.1 Å². The Morgan fingerprint density at radius 2 is 0.989 bits per heavy atom. The molecule has 2 aromatic carbocycles. The maximum Gasteiger partial charge on any atom is 0.345 e.